The van der Waals surface area contributed by atoms with Crippen LogP contribution in [0.1, 0.15) is 149 Å². The molecule has 2 aromatic carbocycles. The van der Waals surface area contributed by atoms with Gasteiger partial charge in [-0.15, -0.1) is 0 Å². The molecule has 5 N–H and O–H groups in total. The fourth-order valence-electron chi connectivity index (χ4n) is 14.6. The Morgan fingerprint density at radius 3 is 2.27 bits per heavy atom. The van der Waals surface area contributed by atoms with Gasteiger partial charge < -0.3 is 87.1 Å². The number of aromatic hydroxyl groups is 1. The fourth-order valence-corrected chi connectivity index (χ4v) is 14.6. The predicted molar refractivity (Wildman–Crippen MR) is 345 cm³/mol. The molecule has 20 heteroatoms. The molecule has 1 aliphatic carbocycles. The van der Waals surface area contributed by atoms with E-state index >= 15 is 0 Å². The number of hydrogen-bond donors (Lipinski definition) is 5. The van der Waals surface area contributed by atoms with Crippen molar-refractivity contribution in [1.29, 1.82) is 0 Å². The lowest BCUT2D eigenvalue weighted by Crippen LogP contribution is -2.58. The number of rotatable bonds is 12. The Bertz CT molecular complexity index is 3220. The van der Waals surface area contributed by atoms with Crippen LogP contribution >= 0.6 is 0 Å². The standard InChI is InChI=1S/C48H72O14.C25H28O6/c1-11-25(2)43-28(5)17-18-47(62-43)23-34-20-33(61-47)16-15-27(4)42(26(3)13-12-14-32-24-55-45-40(49)29(6)19-35(46(51)58-34)48(32,45)52)59-39-22-37(54-10)44(31(8)57-39)60-38-21-36(53-9)41(50)30(7)56-38;1-24(2)9-8-16-20(30-24)7-6-14(23(16)29-5)11-18(26)17-10-15-12-22(28)25(3,4)31-21(15)13-19(17)27/h12-15,17-19,25-26,28,30-31,33-45,49-50,52H,11,16,20-24H2,1-10H3;6-10,13,22,27-28H,11-12H2,1-5H3. The molecule has 8 aliphatic heterocycles. The van der Waals surface area contributed by atoms with Gasteiger partial charge in [0.1, 0.15) is 76.2 Å². The zero-order valence-electron chi connectivity index (χ0n) is 56.7. The average Bonchev–Trinajstić information content (AvgIpc) is 1.66. The molecule has 2 aromatic rings. The van der Waals surface area contributed by atoms with Crippen LogP contribution < -0.4 is 14.2 Å². The molecule has 20 nitrogen and oxygen atoms in total. The van der Waals surface area contributed by atoms with Crippen LogP contribution in [0.4, 0.5) is 0 Å². The first-order chi connectivity index (χ1) is 44.0. The summed E-state index contributed by atoms with van der Waals surface area (Å²) in [6.07, 6.45) is 12.1. The molecular weight excluding hydrogens is 1200 g/mol. The van der Waals surface area contributed by atoms with Crippen molar-refractivity contribution in [2.75, 3.05) is 27.9 Å². The summed E-state index contributed by atoms with van der Waals surface area (Å²) < 4.78 is 81.1. The van der Waals surface area contributed by atoms with Crippen molar-refractivity contribution in [2.45, 2.75) is 249 Å². The zero-order valence-corrected chi connectivity index (χ0v) is 56.7. The quantitative estimate of drug-likeness (QED) is 0.0753. The number of hydrogen-bond acceptors (Lipinski definition) is 20. The van der Waals surface area contributed by atoms with Crippen LogP contribution in [0.2, 0.25) is 0 Å². The number of phenols is 1. The van der Waals surface area contributed by atoms with Crippen molar-refractivity contribution < 1.29 is 96.7 Å². The normalized spacial score (nSPS) is 38.0. The second kappa shape index (κ2) is 28.4. The highest BCUT2D eigenvalue weighted by Gasteiger charge is 2.60. The van der Waals surface area contributed by atoms with E-state index in [2.05, 4.69) is 39.8 Å². The van der Waals surface area contributed by atoms with Gasteiger partial charge in [-0.3, -0.25) is 9.59 Å². The molecule has 512 valence electrons. The number of ether oxygens (including phenoxy) is 13. The van der Waals surface area contributed by atoms with Crippen molar-refractivity contribution >= 4 is 17.8 Å². The molecule has 21 atom stereocenters. The van der Waals surface area contributed by atoms with E-state index in [1.165, 1.54) is 6.07 Å². The van der Waals surface area contributed by atoms with Crippen molar-refractivity contribution in [2.24, 2.45) is 23.7 Å². The lowest BCUT2D eigenvalue weighted by atomic mass is 9.71. The van der Waals surface area contributed by atoms with Crippen LogP contribution in [-0.2, 0) is 65.0 Å². The van der Waals surface area contributed by atoms with E-state index in [1.54, 1.807) is 67.2 Å². The third-order valence-electron chi connectivity index (χ3n) is 20.4. The number of ketones is 1. The molecule has 4 saturated heterocycles. The monoisotopic (exact) mass is 1300 g/mol. The number of carbonyl (C=O) groups is 2. The Morgan fingerprint density at radius 2 is 1.55 bits per heavy atom. The van der Waals surface area contributed by atoms with Crippen LogP contribution in [0.5, 0.6) is 23.0 Å². The van der Waals surface area contributed by atoms with E-state index in [0.717, 1.165) is 17.6 Å². The van der Waals surface area contributed by atoms with Crippen LogP contribution in [0.25, 0.3) is 6.08 Å². The lowest BCUT2D eigenvalue weighted by molar-refractivity contribution is -0.318. The smallest absolute Gasteiger partial charge is 0.316 e. The Hall–Kier alpha value is -5.30. The SMILES string of the molecule is CCC(C)C1OC2(C=CC1C)CC1CC(CC=C(C)C(OC3CC(OC)C(OC4CC(OC)C(O)C(C)O4)C(C)O3)C(C)C=CC=C3COC4C(O)C(C)=CC(C(=O)O1)C34O)O2.COc1c(CC(=O)c2cc3c(cc2O)OC(C)(C)C(O)C3)ccc2c1C=CC(C)(C)O2. The largest absolute Gasteiger partial charge is 0.507 e. The van der Waals surface area contributed by atoms with Crippen LogP contribution in [0, 0.1) is 23.7 Å². The summed E-state index contributed by atoms with van der Waals surface area (Å²) in [6, 6.07) is 6.72. The molecule has 9 aliphatic rings. The number of Topliss-reactive ketones (excluding diaryl/α,β-unsaturated/α-hetero) is 1. The highest BCUT2D eigenvalue weighted by molar-refractivity contribution is 6.01. The van der Waals surface area contributed by atoms with Crippen LogP contribution in [0.15, 0.2) is 89.6 Å². The number of esters is 1. The molecule has 2 bridgehead atoms. The number of allylic oxidation sites excluding steroid dienone is 2. The summed E-state index contributed by atoms with van der Waals surface area (Å²) in [5, 5.41) is 55.1. The molecule has 4 fully saturated rings. The van der Waals surface area contributed by atoms with Crippen LogP contribution in [0.3, 0.4) is 0 Å². The van der Waals surface area contributed by atoms with Gasteiger partial charge in [-0.2, -0.15) is 0 Å². The van der Waals surface area contributed by atoms with E-state index in [1.807, 2.05) is 70.2 Å². The molecule has 11 rings (SSSR count). The van der Waals surface area contributed by atoms with Crippen molar-refractivity contribution in [3.05, 3.63) is 112 Å². The minimum absolute atomic E-state index is 0.0317. The molecule has 1 spiro atoms. The minimum atomic E-state index is -1.84. The maximum atomic E-state index is 14.3. The number of benzene rings is 2. The minimum Gasteiger partial charge on any atom is -0.507 e. The number of aliphatic hydroxyl groups is 4. The topological polar surface area (TPSA) is 255 Å². The number of carbonyl (C=O) groups excluding carboxylic acids is 2. The lowest BCUT2D eigenvalue weighted by Gasteiger charge is -2.48. The molecule has 93 heavy (non-hydrogen) atoms. The molecular formula is C73H100O20. The third-order valence-corrected chi connectivity index (χ3v) is 20.4. The Kier molecular flexibility index (Phi) is 21.5. The average molecular weight is 1300 g/mol. The zero-order chi connectivity index (χ0) is 67.2. The van der Waals surface area contributed by atoms with Crippen molar-refractivity contribution in [3.63, 3.8) is 0 Å². The van der Waals surface area contributed by atoms with Crippen molar-refractivity contribution in [1.82, 2.24) is 0 Å². The summed E-state index contributed by atoms with van der Waals surface area (Å²) in [7, 11) is 4.78. The first-order valence-electron chi connectivity index (χ1n) is 33.2. The molecule has 8 heterocycles. The van der Waals surface area contributed by atoms with Gasteiger partial charge in [0.05, 0.1) is 73.7 Å². The highest BCUT2D eigenvalue weighted by Crippen LogP contribution is 2.48. The Balaban J connectivity index is 0.000000254. The first-order valence-corrected chi connectivity index (χ1v) is 33.2. The number of methoxy groups -OCH3 is 3. The Labute approximate surface area is 547 Å². The summed E-state index contributed by atoms with van der Waals surface area (Å²) in [4.78, 5) is 27.4. The summed E-state index contributed by atoms with van der Waals surface area (Å²) in [6.45, 7) is 23.6. The maximum Gasteiger partial charge on any atom is 0.316 e. The molecule has 0 saturated carbocycles. The van der Waals surface area contributed by atoms with Gasteiger partial charge in [0.15, 0.2) is 24.2 Å². The molecule has 0 radical (unpaired) electrons. The van der Waals surface area contributed by atoms with E-state index in [9.17, 15) is 35.1 Å². The Morgan fingerprint density at radius 1 is 0.828 bits per heavy atom. The fraction of sp³-hybridized carbons (Fsp3) is 0.644. The summed E-state index contributed by atoms with van der Waals surface area (Å²) in [5.74, 6) is -1.19. The first kappa shape index (κ1) is 70.5. The van der Waals surface area contributed by atoms with Gasteiger partial charge in [-0.05, 0) is 120 Å². The van der Waals surface area contributed by atoms with E-state index in [0.29, 0.717) is 78.0 Å². The van der Waals surface area contributed by atoms with Gasteiger partial charge >= 0.3 is 5.97 Å². The maximum absolute atomic E-state index is 14.3. The van der Waals surface area contributed by atoms with E-state index in [4.69, 9.17) is 61.6 Å². The predicted octanol–water partition coefficient (Wildman–Crippen LogP) is 9.46. The summed E-state index contributed by atoms with van der Waals surface area (Å²) in [5.41, 5.74) is 1.35. The summed E-state index contributed by atoms with van der Waals surface area (Å²) >= 11 is 0. The number of fused-ring (bicyclic) bond motifs is 4. The third kappa shape index (κ3) is 14.8. The number of phenolic OH excluding ortho intramolecular Hbond substituents is 1. The molecule has 21 unspecified atom stereocenters. The van der Waals surface area contributed by atoms with E-state index < -0.39 is 108 Å². The van der Waals surface area contributed by atoms with E-state index in [-0.39, 0.29) is 66.2 Å². The van der Waals surface area contributed by atoms with Crippen LogP contribution in [-0.4, -0.2) is 180 Å². The second-order valence-corrected chi connectivity index (χ2v) is 28.2. The van der Waals surface area contributed by atoms with Crippen molar-refractivity contribution in [3.8, 4) is 23.0 Å². The van der Waals surface area contributed by atoms with Gasteiger partial charge in [0.2, 0.25) is 0 Å². The van der Waals surface area contributed by atoms with Gasteiger partial charge in [0.25, 0.3) is 0 Å². The van der Waals surface area contributed by atoms with Gasteiger partial charge in [-0.25, -0.2) is 0 Å². The number of aliphatic hydroxyl groups excluding tert-OH is 3. The molecule has 0 aromatic heterocycles. The highest BCUT2D eigenvalue weighted by atomic mass is 16.7. The second-order valence-electron chi connectivity index (χ2n) is 28.2. The van der Waals surface area contributed by atoms with Gasteiger partial charge in [-0.1, -0.05) is 76.6 Å². The molecule has 0 amide bonds. The van der Waals surface area contributed by atoms with Gasteiger partial charge in [0, 0.05) is 76.2 Å².